The molecule has 3 rings (SSSR count). The third-order valence-electron chi connectivity index (χ3n) is 7.64. The summed E-state index contributed by atoms with van der Waals surface area (Å²) < 4.78 is 5.92. The van der Waals surface area contributed by atoms with Crippen LogP contribution in [0.5, 0.6) is 5.75 Å². The van der Waals surface area contributed by atoms with Gasteiger partial charge in [-0.2, -0.15) is 0 Å². The quantitative estimate of drug-likeness (QED) is 0.367. The van der Waals surface area contributed by atoms with Crippen LogP contribution in [-0.4, -0.2) is 6.61 Å². The highest BCUT2D eigenvalue weighted by molar-refractivity contribution is 5.29. The van der Waals surface area contributed by atoms with Crippen molar-refractivity contribution in [2.75, 3.05) is 6.61 Å². The van der Waals surface area contributed by atoms with Crippen LogP contribution in [0.3, 0.4) is 0 Å². The van der Waals surface area contributed by atoms with Crippen molar-refractivity contribution >= 4 is 0 Å². The van der Waals surface area contributed by atoms with E-state index in [2.05, 4.69) is 38.1 Å². The SMILES string of the molecule is CCCCCCOc1ccc(C2CCC(C3CCC(CCC)CC3)CC2)cc1. The van der Waals surface area contributed by atoms with Crippen LogP contribution in [0.25, 0.3) is 0 Å². The topological polar surface area (TPSA) is 9.23 Å². The maximum absolute atomic E-state index is 5.92. The van der Waals surface area contributed by atoms with E-state index in [9.17, 15) is 0 Å². The molecule has 158 valence electrons. The molecule has 2 saturated carbocycles. The summed E-state index contributed by atoms with van der Waals surface area (Å²) in [6, 6.07) is 9.08. The Labute approximate surface area is 174 Å². The van der Waals surface area contributed by atoms with Crippen LogP contribution in [-0.2, 0) is 0 Å². The molecule has 1 aromatic rings. The second-order valence-corrected chi connectivity index (χ2v) is 9.66. The van der Waals surface area contributed by atoms with Gasteiger partial charge in [0.05, 0.1) is 6.61 Å². The maximum Gasteiger partial charge on any atom is 0.119 e. The molecule has 1 nitrogen and oxygen atoms in total. The molecule has 2 aliphatic carbocycles. The Bertz CT molecular complexity index is 518. The summed E-state index contributed by atoms with van der Waals surface area (Å²) >= 11 is 0. The van der Waals surface area contributed by atoms with Crippen LogP contribution < -0.4 is 4.74 Å². The van der Waals surface area contributed by atoms with Gasteiger partial charge < -0.3 is 4.74 Å². The Kier molecular flexibility index (Phi) is 9.22. The van der Waals surface area contributed by atoms with Crippen molar-refractivity contribution in [1.82, 2.24) is 0 Å². The lowest BCUT2D eigenvalue weighted by Gasteiger charge is -2.38. The Balaban J connectivity index is 1.37. The third-order valence-corrected chi connectivity index (χ3v) is 7.64. The van der Waals surface area contributed by atoms with Gasteiger partial charge >= 0.3 is 0 Å². The van der Waals surface area contributed by atoms with Gasteiger partial charge in [0.2, 0.25) is 0 Å². The number of benzene rings is 1. The van der Waals surface area contributed by atoms with E-state index >= 15 is 0 Å². The van der Waals surface area contributed by atoms with Crippen LogP contribution >= 0.6 is 0 Å². The van der Waals surface area contributed by atoms with Gasteiger partial charge in [-0.3, -0.25) is 0 Å². The van der Waals surface area contributed by atoms with Gasteiger partial charge in [0.1, 0.15) is 5.75 Å². The fourth-order valence-corrected chi connectivity index (χ4v) is 5.84. The fourth-order valence-electron chi connectivity index (χ4n) is 5.84. The van der Waals surface area contributed by atoms with Crippen molar-refractivity contribution in [2.45, 2.75) is 110 Å². The van der Waals surface area contributed by atoms with E-state index in [-0.39, 0.29) is 0 Å². The number of hydrogen-bond acceptors (Lipinski definition) is 1. The molecule has 1 aromatic carbocycles. The molecule has 0 saturated heterocycles. The minimum Gasteiger partial charge on any atom is -0.494 e. The average Bonchev–Trinajstić information content (AvgIpc) is 2.75. The lowest BCUT2D eigenvalue weighted by atomic mass is 9.68. The van der Waals surface area contributed by atoms with E-state index in [0.717, 1.165) is 36.0 Å². The predicted octanol–water partition coefficient (Wildman–Crippen LogP) is 8.53. The van der Waals surface area contributed by atoms with Gasteiger partial charge in [0, 0.05) is 0 Å². The monoisotopic (exact) mass is 384 g/mol. The molecule has 2 aliphatic rings. The Morgan fingerprint density at radius 3 is 1.96 bits per heavy atom. The van der Waals surface area contributed by atoms with Crippen LogP contribution in [0.15, 0.2) is 24.3 Å². The molecular weight excluding hydrogens is 340 g/mol. The Morgan fingerprint density at radius 1 is 0.714 bits per heavy atom. The van der Waals surface area contributed by atoms with E-state index in [0.29, 0.717) is 0 Å². The summed E-state index contributed by atoms with van der Waals surface area (Å²) in [6.07, 6.45) is 19.7. The van der Waals surface area contributed by atoms with Crippen molar-refractivity contribution < 1.29 is 4.74 Å². The number of unbranched alkanes of at least 4 members (excludes halogenated alkanes) is 3. The van der Waals surface area contributed by atoms with Crippen LogP contribution in [0, 0.1) is 17.8 Å². The lowest BCUT2D eigenvalue weighted by Crippen LogP contribution is -2.25. The minimum absolute atomic E-state index is 0.784. The van der Waals surface area contributed by atoms with Gasteiger partial charge in [-0.15, -0.1) is 0 Å². The van der Waals surface area contributed by atoms with Crippen molar-refractivity contribution in [3.05, 3.63) is 29.8 Å². The van der Waals surface area contributed by atoms with Crippen molar-refractivity contribution in [1.29, 1.82) is 0 Å². The Morgan fingerprint density at radius 2 is 1.36 bits per heavy atom. The van der Waals surface area contributed by atoms with Gasteiger partial charge in [-0.05, 0) is 86.3 Å². The highest BCUT2D eigenvalue weighted by atomic mass is 16.5. The molecule has 0 aliphatic heterocycles. The normalized spacial score (nSPS) is 28.2. The van der Waals surface area contributed by atoms with Gasteiger partial charge in [-0.25, -0.2) is 0 Å². The van der Waals surface area contributed by atoms with Gasteiger partial charge in [0.15, 0.2) is 0 Å². The average molecular weight is 385 g/mol. The van der Waals surface area contributed by atoms with E-state index in [1.54, 1.807) is 5.56 Å². The fraction of sp³-hybridized carbons (Fsp3) is 0.778. The van der Waals surface area contributed by atoms with E-state index in [4.69, 9.17) is 4.74 Å². The van der Waals surface area contributed by atoms with E-state index < -0.39 is 0 Å². The summed E-state index contributed by atoms with van der Waals surface area (Å²) in [7, 11) is 0. The summed E-state index contributed by atoms with van der Waals surface area (Å²) in [5.74, 6) is 4.94. The zero-order chi connectivity index (χ0) is 19.6. The van der Waals surface area contributed by atoms with Crippen LogP contribution in [0.4, 0.5) is 0 Å². The first-order chi connectivity index (χ1) is 13.8. The summed E-state index contributed by atoms with van der Waals surface area (Å²) in [6.45, 7) is 5.47. The predicted molar refractivity (Wildman–Crippen MR) is 121 cm³/mol. The molecule has 28 heavy (non-hydrogen) atoms. The Hall–Kier alpha value is -0.980. The first kappa shape index (κ1) is 21.7. The molecule has 0 heterocycles. The molecule has 0 aromatic heterocycles. The zero-order valence-electron chi connectivity index (χ0n) is 18.6. The van der Waals surface area contributed by atoms with Crippen LogP contribution in [0.1, 0.15) is 115 Å². The number of rotatable bonds is 10. The highest BCUT2D eigenvalue weighted by Gasteiger charge is 2.31. The van der Waals surface area contributed by atoms with Crippen molar-refractivity contribution in [3.63, 3.8) is 0 Å². The molecule has 0 unspecified atom stereocenters. The standard InChI is InChI=1S/C27H44O/c1-3-5-6-7-21-28-27-19-17-26(18-20-27)25-15-13-24(14-16-25)23-11-9-22(8-4-2)10-12-23/h17-20,22-25H,3-16,21H2,1-2H3. The minimum atomic E-state index is 0.784. The van der Waals surface area contributed by atoms with Crippen molar-refractivity contribution in [3.8, 4) is 5.75 Å². The molecular formula is C27H44O. The zero-order valence-corrected chi connectivity index (χ0v) is 18.6. The molecule has 0 atom stereocenters. The van der Waals surface area contributed by atoms with E-state index in [1.807, 2.05) is 0 Å². The second-order valence-electron chi connectivity index (χ2n) is 9.66. The number of ether oxygens (including phenoxy) is 1. The summed E-state index contributed by atoms with van der Waals surface area (Å²) in [4.78, 5) is 0. The first-order valence-corrected chi connectivity index (χ1v) is 12.5. The smallest absolute Gasteiger partial charge is 0.119 e. The lowest BCUT2D eigenvalue weighted by molar-refractivity contribution is 0.156. The molecule has 0 radical (unpaired) electrons. The summed E-state index contributed by atoms with van der Waals surface area (Å²) in [5, 5.41) is 0. The molecule has 0 spiro atoms. The highest BCUT2D eigenvalue weighted by Crippen LogP contribution is 2.44. The largest absolute Gasteiger partial charge is 0.494 e. The molecule has 2 fully saturated rings. The second kappa shape index (κ2) is 11.9. The van der Waals surface area contributed by atoms with Crippen molar-refractivity contribution in [2.24, 2.45) is 17.8 Å². The maximum atomic E-state index is 5.92. The summed E-state index contributed by atoms with van der Waals surface area (Å²) in [5.41, 5.74) is 1.54. The molecule has 0 amide bonds. The van der Waals surface area contributed by atoms with Crippen LogP contribution in [0.2, 0.25) is 0 Å². The molecule has 0 bridgehead atoms. The first-order valence-electron chi connectivity index (χ1n) is 12.5. The third kappa shape index (κ3) is 6.53. The van der Waals surface area contributed by atoms with Gasteiger partial charge in [0.25, 0.3) is 0 Å². The molecule has 1 heteroatoms. The van der Waals surface area contributed by atoms with Gasteiger partial charge in [-0.1, -0.05) is 70.9 Å². The van der Waals surface area contributed by atoms with E-state index in [1.165, 1.54) is 89.9 Å². The number of hydrogen-bond donors (Lipinski definition) is 0. The molecule has 0 N–H and O–H groups in total.